The zero-order valence-corrected chi connectivity index (χ0v) is 35.5. The van der Waals surface area contributed by atoms with E-state index in [1.165, 1.54) is 16.5 Å². The lowest BCUT2D eigenvalue weighted by Gasteiger charge is -2.45. The highest BCUT2D eigenvalue weighted by atomic mass is 15.2. The van der Waals surface area contributed by atoms with Gasteiger partial charge in [0.1, 0.15) is 6.07 Å². The van der Waals surface area contributed by atoms with Crippen LogP contribution in [0, 0.1) is 11.3 Å². The van der Waals surface area contributed by atoms with Gasteiger partial charge in [-0.15, -0.1) is 0 Å². The van der Waals surface area contributed by atoms with Gasteiger partial charge in [0.15, 0.2) is 0 Å². The molecule has 0 unspecified atom stereocenters. The molecule has 0 saturated heterocycles. The summed E-state index contributed by atoms with van der Waals surface area (Å²) < 4.78 is 0. The third-order valence-electron chi connectivity index (χ3n) is 13.1. The van der Waals surface area contributed by atoms with Crippen molar-refractivity contribution in [1.82, 2.24) is 0 Å². The lowest BCUT2D eigenvalue weighted by molar-refractivity contribution is 1.24. The average molecular weight is 826 g/mol. The third-order valence-corrected chi connectivity index (χ3v) is 13.1. The fraction of sp³-hybridized carbons (Fsp3) is 0. The first-order valence-electron chi connectivity index (χ1n) is 22.2. The Bertz CT molecular complexity index is 3390. The molecule has 0 amide bonds. The van der Waals surface area contributed by atoms with Crippen LogP contribution < -0.4 is 26.2 Å². The second-order valence-corrected chi connectivity index (χ2v) is 16.8. The molecule has 0 saturated carbocycles. The van der Waals surface area contributed by atoms with E-state index in [9.17, 15) is 5.26 Å². The largest absolute Gasteiger partial charge is 0.311 e. The summed E-state index contributed by atoms with van der Waals surface area (Å²) in [6.45, 7) is -0.185. The minimum atomic E-state index is -0.185. The molecule has 65 heavy (non-hydrogen) atoms. The Labute approximate surface area is 380 Å². The second-order valence-electron chi connectivity index (χ2n) is 16.8. The Morgan fingerprint density at radius 1 is 0.323 bits per heavy atom. The quantitative estimate of drug-likeness (QED) is 0.150. The fourth-order valence-corrected chi connectivity index (χ4v) is 10.1. The van der Waals surface area contributed by atoms with E-state index in [1.807, 2.05) is 0 Å². The molecule has 2 heterocycles. The molecular weight excluding hydrogens is 786 g/mol. The molecule has 0 atom stereocenters. The van der Waals surface area contributed by atoms with Crippen LogP contribution in [0.1, 0.15) is 5.56 Å². The van der Waals surface area contributed by atoms with Gasteiger partial charge >= 0.3 is 0 Å². The molecule has 0 aliphatic carbocycles. The lowest BCUT2D eigenvalue weighted by atomic mass is 9.33. The zero-order chi connectivity index (χ0) is 43.3. The summed E-state index contributed by atoms with van der Waals surface area (Å²) in [7, 11) is 0. The van der Waals surface area contributed by atoms with Crippen LogP contribution in [0.3, 0.4) is 0 Å². The highest BCUT2D eigenvalue weighted by Gasteiger charge is 2.46. The van der Waals surface area contributed by atoms with Crippen LogP contribution >= 0.6 is 0 Å². The summed E-state index contributed by atoms with van der Waals surface area (Å²) in [4.78, 5) is 4.83. The predicted octanol–water partition coefficient (Wildman–Crippen LogP) is 14.0. The number of nitriles is 1. The van der Waals surface area contributed by atoms with Gasteiger partial charge in [-0.25, -0.2) is 0 Å². The van der Waals surface area contributed by atoms with Gasteiger partial charge < -0.3 is 9.80 Å². The van der Waals surface area contributed by atoms with Crippen LogP contribution in [0.15, 0.2) is 243 Å². The molecule has 0 aromatic heterocycles. The van der Waals surface area contributed by atoms with E-state index in [0.29, 0.717) is 5.56 Å². The maximum Gasteiger partial charge on any atom is 0.252 e. The molecular formula is C61H40BN3. The zero-order valence-electron chi connectivity index (χ0n) is 35.5. The van der Waals surface area contributed by atoms with Crippen molar-refractivity contribution in [3.63, 3.8) is 0 Å². The van der Waals surface area contributed by atoms with Crippen LogP contribution in [0.4, 0.5) is 34.1 Å². The number of hydrogen-bond donors (Lipinski definition) is 0. The number of anilines is 6. The van der Waals surface area contributed by atoms with Gasteiger partial charge in [0.25, 0.3) is 6.71 Å². The third kappa shape index (κ3) is 6.53. The molecule has 10 aromatic rings. The second kappa shape index (κ2) is 15.9. The lowest BCUT2D eigenvalue weighted by Crippen LogP contribution is -2.61. The van der Waals surface area contributed by atoms with Crippen molar-refractivity contribution in [2.75, 3.05) is 9.80 Å². The number of nitrogens with zero attached hydrogens (tertiary/aromatic N) is 3. The van der Waals surface area contributed by atoms with Gasteiger partial charge in [0.2, 0.25) is 0 Å². The van der Waals surface area contributed by atoms with Crippen molar-refractivity contribution >= 4 is 57.2 Å². The highest BCUT2D eigenvalue weighted by Crippen LogP contribution is 2.50. The minimum Gasteiger partial charge on any atom is -0.311 e. The maximum atomic E-state index is 11.5. The predicted molar refractivity (Wildman–Crippen MR) is 272 cm³/mol. The number of hydrogen-bond acceptors (Lipinski definition) is 3. The topological polar surface area (TPSA) is 30.3 Å². The SMILES string of the molecule is N#Cc1cc(-c2ccccc2)c2c3c1N(c1ccc(-c4ccccc4)cc1)c1cc(-c4ccccc4)ccc1B3c1ccc(-c3ccccc3)cc1N2c1ccc(-c2ccccc2)cc1. The number of fused-ring (bicyclic) bond motifs is 4. The van der Waals surface area contributed by atoms with Crippen molar-refractivity contribution in [3.05, 3.63) is 248 Å². The van der Waals surface area contributed by atoms with Crippen molar-refractivity contribution in [2.45, 2.75) is 0 Å². The van der Waals surface area contributed by atoms with E-state index in [-0.39, 0.29) is 6.71 Å². The van der Waals surface area contributed by atoms with Crippen molar-refractivity contribution in [2.24, 2.45) is 0 Å². The molecule has 2 aliphatic rings. The molecule has 10 aromatic carbocycles. The van der Waals surface area contributed by atoms with Gasteiger partial charge in [-0.1, -0.05) is 200 Å². The summed E-state index contributed by atoms with van der Waals surface area (Å²) in [6, 6.07) is 89.5. The van der Waals surface area contributed by atoms with Crippen LogP contribution in [-0.4, -0.2) is 6.71 Å². The van der Waals surface area contributed by atoms with Crippen molar-refractivity contribution in [1.29, 1.82) is 5.26 Å². The summed E-state index contributed by atoms with van der Waals surface area (Å²) in [5.74, 6) is 0. The van der Waals surface area contributed by atoms with Crippen LogP contribution in [0.5, 0.6) is 0 Å². The Hall–Kier alpha value is -8.65. The van der Waals surface area contributed by atoms with E-state index in [2.05, 4.69) is 259 Å². The summed E-state index contributed by atoms with van der Waals surface area (Å²) >= 11 is 0. The van der Waals surface area contributed by atoms with Crippen LogP contribution in [-0.2, 0) is 0 Å². The van der Waals surface area contributed by atoms with Gasteiger partial charge in [0.05, 0.1) is 16.9 Å². The smallest absolute Gasteiger partial charge is 0.252 e. The number of benzene rings is 10. The fourth-order valence-electron chi connectivity index (χ4n) is 10.1. The van der Waals surface area contributed by atoms with E-state index in [0.717, 1.165) is 89.7 Å². The van der Waals surface area contributed by atoms with Crippen LogP contribution in [0.25, 0.3) is 55.6 Å². The van der Waals surface area contributed by atoms with Crippen molar-refractivity contribution < 1.29 is 0 Å². The van der Waals surface area contributed by atoms with E-state index < -0.39 is 0 Å². The van der Waals surface area contributed by atoms with Gasteiger partial charge in [-0.05, 0) is 109 Å². The van der Waals surface area contributed by atoms with Gasteiger partial charge in [-0.2, -0.15) is 5.26 Å². The summed E-state index contributed by atoms with van der Waals surface area (Å²) in [5.41, 5.74) is 21.5. The van der Waals surface area contributed by atoms with Gasteiger partial charge in [-0.3, -0.25) is 0 Å². The molecule has 0 radical (unpaired) electrons. The molecule has 0 fully saturated rings. The molecule has 3 nitrogen and oxygen atoms in total. The highest BCUT2D eigenvalue weighted by molar-refractivity contribution is 7.00. The van der Waals surface area contributed by atoms with E-state index >= 15 is 0 Å². The normalized spacial score (nSPS) is 12.2. The maximum absolute atomic E-state index is 11.5. The van der Waals surface area contributed by atoms with Crippen LogP contribution in [0.2, 0.25) is 0 Å². The Morgan fingerprint density at radius 3 is 1.06 bits per heavy atom. The Morgan fingerprint density at radius 2 is 0.662 bits per heavy atom. The molecule has 4 heteroatoms. The van der Waals surface area contributed by atoms with Gasteiger partial charge in [0, 0.05) is 28.3 Å². The summed E-state index contributed by atoms with van der Waals surface area (Å²) in [5, 5.41) is 11.5. The van der Waals surface area contributed by atoms with E-state index in [1.54, 1.807) is 0 Å². The molecule has 0 N–H and O–H groups in total. The average Bonchev–Trinajstić information content (AvgIpc) is 3.39. The molecule has 0 spiro atoms. The first-order valence-corrected chi connectivity index (χ1v) is 22.2. The van der Waals surface area contributed by atoms with Crippen molar-refractivity contribution in [3.8, 4) is 61.7 Å². The molecule has 12 rings (SSSR count). The first kappa shape index (κ1) is 38.1. The Balaban J connectivity index is 1.18. The number of rotatable bonds is 7. The monoisotopic (exact) mass is 825 g/mol. The first-order chi connectivity index (χ1) is 32.2. The molecule has 2 aliphatic heterocycles. The summed E-state index contributed by atoms with van der Waals surface area (Å²) in [6.07, 6.45) is 0. The Kier molecular flexibility index (Phi) is 9.32. The molecule has 302 valence electrons. The minimum absolute atomic E-state index is 0.185. The molecule has 0 bridgehead atoms. The standard InChI is InChI=1S/C61H40BN3/c63-41-51-38-54(48-24-14-5-15-25-48)61-59-60(51)64(52-32-26-46(27-33-52)42-16-6-1-7-17-42)57-39-49(44-20-10-3-11-21-44)30-36-55(57)62(59)56-37-31-50(45-22-12-4-13-23-45)40-58(56)65(61)53-34-28-47(29-35-53)43-18-8-2-9-19-43/h1-40H. The van der Waals surface area contributed by atoms with E-state index in [4.69, 9.17) is 0 Å².